The number of aliphatic hydroxyl groups excluding tert-OH is 1. The van der Waals surface area contributed by atoms with Crippen molar-refractivity contribution in [3.05, 3.63) is 23.0 Å². The zero-order chi connectivity index (χ0) is 10.7. The molecule has 78 valence electrons. The van der Waals surface area contributed by atoms with E-state index < -0.39 is 18.7 Å². The number of nitrogens with zero attached hydrogens (tertiary/aromatic N) is 1. The Morgan fingerprint density at radius 3 is 2.57 bits per heavy atom. The van der Waals surface area contributed by atoms with E-state index in [1.54, 1.807) is 0 Å². The molecule has 0 radical (unpaired) electrons. The molecule has 1 heterocycles. The van der Waals surface area contributed by atoms with E-state index in [-0.39, 0.29) is 23.5 Å². The first-order chi connectivity index (χ1) is 6.60. The molecule has 0 amide bonds. The maximum Gasteiger partial charge on any atom is 0.280 e. The van der Waals surface area contributed by atoms with Crippen molar-refractivity contribution in [2.24, 2.45) is 5.73 Å². The molecule has 4 nitrogen and oxygen atoms in total. The van der Waals surface area contributed by atoms with Crippen LogP contribution in [0.25, 0.3) is 0 Å². The molecule has 0 spiro atoms. The zero-order valence-electron chi connectivity index (χ0n) is 7.37. The number of rotatable bonds is 3. The van der Waals surface area contributed by atoms with Crippen molar-refractivity contribution in [2.75, 3.05) is 5.73 Å². The van der Waals surface area contributed by atoms with Crippen LogP contribution in [0.1, 0.15) is 23.4 Å². The first-order valence-electron chi connectivity index (χ1n) is 3.97. The molecule has 5 N–H and O–H groups in total. The van der Waals surface area contributed by atoms with Gasteiger partial charge in [0.25, 0.3) is 6.43 Å². The number of nitrogens with two attached hydrogens (primary N) is 2. The van der Waals surface area contributed by atoms with Gasteiger partial charge in [0.2, 0.25) is 0 Å². The molecule has 0 aromatic carbocycles. The quantitative estimate of drug-likeness (QED) is 0.669. The Bertz CT molecular complexity index is 331. The van der Waals surface area contributed by atoms with Gasteiger partial charge in [-0.25, -0.2) is 13.8 Å². The van der Waals surface area contributed by atoms with E-state index >= 15 is 0 Å². The molecule has 0 bridgehead atoms. The van der Waals surface area contributed by atoms with Crippen molar-refractivity contribution in [1.82, 2.24) is 4.98 Å². The van der Waals surface area contributed by atoms with Gasteiger partial charge in [-0.15, -0.1) is 0 Å². The minimum absolute atomic E-state index is 0.0930. The standard InChI is InChI=1S/C8H11F2N3O/c9-8(10)7-5(2-11)6(12)1-4(3-14)13-7/h1,8,14H,2-3,11H2,(H2,12,13). The number of alkyl halides is 2. The Morgan fingerprint density at radius 2 is 2.14 bits per heavy atom. The van der Waals surface area contributed by atoms with Crippen LogP contribution in [0.3, 0.4) is 0 Å². The van der Waals surface area contributed by atoms with Crippen LogP contribution >= 0.6 is 0 Å². The number of pyridine rings is 1. The van der Waals surface area contributed by atoms with Crippen molar-refractivity contribution in [1.29, 1.82) is 0 Å². The van der Waals surface area contributed by atoms with Crippen LogP contribution in [0.2, 0.25) is 0 Å². The highest BCUT2D eigenvalue weighted by molar-refractivity contribution is 5.50. The molecule has 14 heavy (non-hydrogen) atoms. The third-order valence-corrected chi connectivity index (χ3v) is 1.82. The molecule has 1 rings (SSSR count). The molecular formula is C8H11F2N3O. The number of aromatic nitrogens is 1. The Morgan fingerprint density at radius 1 is 1.50 bits per heavy atom. The van der Waals surface area contributed by atoms with Gasteiger partial charge in [0.1, 0.15) is 5.69 Å². The molecule has 1 aromatic heterocycles. The first-order valence-corrected chi connectivity index (χ1v) is 3.97. The molecule has 0 aliphatic rings. The average Bonchev–Trinajstić information content (AvgIpc) is 2.16. The monoisotopic (exact) mass is 203 g/mol. The summed E-state index contributed by atoms with van der Waals surface area (Å²) in [5, 5.41) is 8.74. The maximum atomic E-state index is 12.5. The normalized spacial score (nSPS) is 10.9. The van der Waals surface area contributed by atoms with Crippen molar-refractivity contribution >= 4 is 5.69 Å². The lowest BCUT2D eigenvalue weighted by atomic mass is 10.1. The second kappa shape index (κ2) is 4.30. The van der Waals surface area contributed by atoms with Crippen LogP contribution < -0.4 is 11.5 Å². The summed E-state index contributed by atoms with van der Waals surface area (Å²) in [6.07, 6.45) is -2.73. The average molecular weight is 203 g/mol. The fourth-order valence-corrected chi connectivity index (χ4v) is 1.15. The lowest BCUT2D eigenvalue weighted by Crippen LogP contribution is -2.10. The molecule has 6 heteroatoms. The number of anilines is 1. The van der Waals surface area contributed by atoms with Crippen molar-refractivity contribution in [3.8, 4) is 0 Å². The van der Waals surface area contributed by atoms with Crippen LogP contribution in [0, 0.1) is 0 Å². The number of hydrogen-bond donors (Lipinski definition) is 3. The lowest BCUT2D eigenvalue weighted by Gasteiger charge is -2.10. The fourth-order valence-electron chi connectivity index (χ4n) is 1.15. The minimum atomic E-state index is -2.73. The summed E-state index contributed by atoms with van der Waals surface area (Å²) in [4.78, 5) is 3.56. The summed E-state index contributed by atoms with van der Waals surface area (Å²) in [7, 11) is 0. The van der Waals surface area contributed by atoms with Crippen LogP contribution in [-0.4, -0.2) is 10.1 Å². The summed E-state index contributed by atoms with van der Waals surface area (Å²) < 4.78 is 24.9. The summed E-state index contributed by atoms with van der Waals surface area (Å²) in [5.41, 5.74) is 10.7. The highest BCUT2D eigenvalue weighted by Gasteiger charge is 2.17. The van der Waals surface area contributed by atoms with E-state index in [0.29, 0.717) is 0 Å². The predicted octanol–water partition coefficient (Wildman–Crippen LogP) is 0.552. The van der Waals surface area contributed by atoms with E-state index in [1.807, 2.05) is 0 Å². The van der Waals surface area contributed by atoms with E-state index in [4.69, 9.17) is 16.6 Å². The smallest absolute Gasteiger partial charge is 0.280 e. The third-order valence-electron chi connectivity index (χ3n) is 1.82. The Labute approximate surface area is 79.6 Å². The topological polar surface area (TPSA) is 85.2 Å². The molecule has 0 aliphatic carbocycles. The SMILES string of the molecule is NCc1c(N)cc(CO)nc1C(F)F. The van der Waals surface area contributed by atoms with E-state index in [1.165, 1.54) is 6.07 Å². The Hall–Kier alpha value is -1.27. The van der Waals surface area contributed by atoms with Gasteiger partial charge in [-0.2, -0.15) is 0 Å². The zero-order valence-corrected chi connectivity index (χ0v) is 7.37. The van der Waals surface area contributed by atoms with E-state index in [0.717, 1.165) is 0 Å². The van der Waals surface area contributed by atoms with Crippen LogP contribution in [-0.2, 0) is 13.2 Å². The van der Waals surface area contributed by atoms with E-state index in [9.17, 15) is 8.78 Å². The number of aliphatic hydroxyl groups is 1. The van der Waals surface area contributed by atoms with Gasteiger partial charge < -0.3 is 16.6 Å². The summed E-state index contributed by atoms with van der Waals surface area (Å²) in [6.45, 7) is -0.515. The van der Waals surface area contributed by atoms with Gasteiger partial charge in [0.15, 0.2) is 0 Å². The van der Waals surface area contributed by atoms with E-state index in [2.05, 4.69) is 4.98 Å². The molecule has 0 aliphatic heterocycles. The number of nitrogen functional groups attached to an aromatic ring is 1. The van der Waals surface area contributed by atoms with Gasteiger partial charge in [0.05, 0.1) is 12.3 Å². The molecule has 0 saturated carbocycles. The number of halogens is 2. The molecular weight excluding hydrogens is 192 g/mol. The van der Waals surface area contributed by atoms with Crippen molar-refractivity contribution < 1.29 is 13.9 Å². The van der Waals surface area contributed by atoms with Crippen LogP contribution in [0.15, 0.2) is 6.07 Å². The second-order valence-corrected chi connectivity index (χ2v) is 2.73. The minimum Gasteiger partial charge on any atom is -0.398 e. The second-order valence-electron chi connectivity index (χ2n) is 2.73. The Kier molecular flexibility index (Phi) is 3.32. The molecule has 0 unspecified atom stereocenters. The lowest BCUT2D eigenvalue weighted by molar-refractivity contribution is 0.144. The van der Waals surface area contributed by atoms with Crippen molar-refractivity contribution in [2.45, 2.75) is 19.6 Å². The molecule has 0 fully saturated rings. The van der Waals surface area contributed by atoms with Crippen molar-refractivity contribution in [3.63, 3.8) is 0 Å². The summed E-state index contributed by atoms with van der Waals surface area (Å²) >= 11 is 0. The summed E-state index contributed by atoms with van der Waals surface area (Å²) in [5.74, 6) is 0. The van der Waals surface area contributed by atoms with Crippen LogP contribution in [0.5, 0.6) is 0 Å². The number of hydrogen-bond acceptors (Lipinski definition) is 4. The Balaban J connectivity index is 3.28. The maximum absolute atomic E-state index is 12.5. The highest BCUT2D eigenvalue weighted by Crippen LogP contribution is 2.25. The van der Waals surface area contributed by atoms with Crippen LogP contribution in [0.4, 0.5) is 14.5 Å². The molecule has 1 aromatic rings. The van der Waals surface area contributed by atoms with Gasteiger partial charge in [-0.1, -0.05) is 0 Å². The van der Waals surface area contributed by atoms with Gasteiger partial charge >= 0.3 is 0 Å². The first kappa shape index (κ1) is 10.8. The largest absolute Gasteiger partial charge is 0.398 e. The third kappa shape index (κ3) is 1.97. The molecule has 0 saturated heterocycles. The highest BCUT2D eigenvalue weighted by atomic mass is 19.3. The van der Waals surface area contributed by atoms with Gasteiger partial charge in [-0.05, 0) is 6.07 Å². The van der Waals surface area contributed by atoms with Gasteiger partial charge in [0, 0.05) is 17.8 Å². The fraction of sp³-hybridized carbons (Fsp3) is 0.375. The molecule has 0 atom stereocenters. The van der Waals surface area contributed by atoms with Gasteiger partial charge in [-0.3, -0.25) is 0 Å². The summed E-state index contributed by atoms with van der Waals surface area (Å²) in [6, 6.07) is 1.34. The predicted molar refractivity (Wildman–Crippen MR) is 47.4 cm³/mol.